The number of sulfone groups is 1. The molecule has 1 aliphatic heterocycles. The van der Waals surface area contributed by atoms with E-state index < -0.39 is 95.7 Å². The molecule has 0 saturated heterocycles. The van der Waals surface area contributed by atoms with Crippen LogP contribution in [0.4, 0.5) is 35.1 Å². The molecule has 6 nitrogen and oxygen atoms in total. The zero-order valence-corrected chi connectivity index (χ0v) is 24.8. The number of benzene rings is 2. The molecule has 0 aromatic heterocycles. The van der Waals surface area contributed by atoms with Crippen LogP contribution in [-0.2, 0) is 29.8 Å². The van der Waals surface area contributed by atoms with Crippen LogP contribution >= 0.6 is 0 Å². The molecule has 1 spiro atoms. The number of ketones is 1. The first-order chi connectivity index (χ1) is 21.2. The SMILES string of the molecule is O=C(O)C1CC2(C1)CC(C(=O)C13CCCCC1(S(=O)(=O)c1ccc(F)cc1)c1ccc(C(F)(C(F)(F)F)C(F)(F)F)cc1OC3)C2. The molecule has 6 rings (SSSR count). The van der Waals surface area contributed by atoms with Crippen LogP contribution in [0.15, 0.2) is 47.4 Å². The van der Waals surface area contributed by atoms with E-state index in [1.165, 1.54) is 0 Å². The van der Waals surface area contributed by atoms with E-state index >= 15 is 4.39 Å². The zero-order valence-electron chi connectivity index (χ0n) is 24.0. The molecule has 2 aromatic carbocycles. The van der Waals surface area contributed by atoms with E-state index in [0.717, 1.165) is 24.3 Å². The maximum absolute atomic E-state index is 15.1. The normalized spacial score (nSPS) is 31.1. The first-order valence-corrected chi connectivity index (χ1v) is 16.1. The number of aliphatic carboxylic acids is 1. The fraction of sp³-hybridized carbons (Fsp3) is 0.548. The van der Waals surface area contributed by atoms with Crippen molar-refractivity contribution in [2.75, 3.05) is 6.61 Å². The number of hydrogen-bond acceptors (Lipinski definition) is 5. The summed E-state index contributed by atoms with van der Waals surface area (Å²) in [5.74, 6) is -4.25. The predicted octanol–water partition coefficient (Wildman–Crippen LogP) is 7.20. The van der Waals surface area contributed by atoms with Gasteiger partial charge in [-0.15, -0.1) is 0 Å². The molecule has 0 amide bonds. The molecule has 2 unspecified atom stereocenters. The highest BCUT2D eigenvalue weighted by atomic mass is 32.2. The van der Waals surface area contributed by atoms with Gasteiger partial charge in [0.2, 0.25) is 0 Å². The van der Waals surface area contributed by atoms with Crippen LogP contribution in [0.2, 0.25) is 0 Å². The van der Waals surface area contributed by atoms with Gasteiger partial charge in [0.1, 0.15) is 28.7 Å². The highest BCUT2D eigenvalue weighted by Gasteiger charge is 2.75. The minimum Gasteiger partial charge on any atom is -0.492 e. The standard InChI is InChI=1S/C31H28F8O6S/c32-20-4-6-21(7-5-20)46(43,44)28-10-2-1-9-27(28,24(40)17-12-26(13-17)14-18(15-26)25(41)42)16-45-23-11-19(3-8-22(23)28)29(33,30(34,35)36)31(37,38)39/h3-8,11,17-18H,1-2,9-10,12-16H2,(H,41,42). The van der Waals surface area contributed by atoms with Gasteiger partial charge in [0.05, 0.1) is 16.2 Å². The Labute approximate surface area is 258 Å². The third kappa shape index (κ3) is 4.28. The molecule has 0 radical (unpaired) electrons. The lowest BCUT2D eigenvalue weighted by molar-refractivity contribution is -0.348. The van der Waals surface area contributed by atoms with Gasteiger partial charge in [-0.1, -0.05) is 25.0 Å². The smallest absolute Gasteiger partial charge is 0.435 e. The lowest BCUT2D eigenvalue weighted by atomic mass is 9.45. The van der Waals surface area contributed by atoms with Crippen molar-refractivity contribution in [1.29, 1.82) is 0 Å². The maximum Gasteiger partial charge on any atom is 0.435 e. The quantitative estimate of drug-likeness (QED) is 0.256. The molecule has 250 valence electrons. The summed E-state index contributed by atoms with van der Waals surface area (Å²) in [5, 5.41) is 9.30. The van der Waals surface area contributed by atoms with Crippen LogP contribution in [-0.4, -0.2) is 44.2 Å². The average Bonchev–Trinajstić information content (AvgIpc) is 2.93. The Morgan fingerprint density at radius 2 is 1.39 bits per heavy atom. The summed E-state index contributed by atoms with van der Waals surface area (Å²) < 4.78 is 144. The zero-order chi connectivity index (χ0) is 33.7. The van der Waals surface area contributed by atoms with Gasteiger partial charge in [0.15, 0.2) is 9.84 Å². The minimum atomic E-state index is -6.43. The van der Waals surface area contributed by atoms with Crippen molar-refractivity contribution < 1.29 is 63.0 Å². The highest BCUT2D eigenvalue weighted by molar-refractivity contribution is 7.92. The van der Waals surface area contributed by atoms with Crippen LogP contribution in [0.3, 0.4) is 0 Å². The lowest BCUT2D eigenvalue weighted by Gasteiger charge is -2.60. The van der Waals surface area contributed by atoms with Crippen molar-refractivity contribution in [1.82, 2.24) is 0 Å². The Balaban J connectivity index is 1.51. The molecule has 3 saturated carbocycles. The van der Waals surface area contributed by atoms with Crippen molar-refractivity contribution in [3.05, 3.63) is 59.4 Å². The summed E-state index contributed by atoms with van der Waals surface area (Å²) in [6.07, 6.45) is -11.4. The second kappa shape index (κ2) is 10.1. The van der Waals surface area contributed by atoms with E-state index in [1.807, 2.05) is 0 Å². The van der Waals surface area contributed by atoms with Crippen molar-refractivity contribution in [2.24, 2.45) is 22.7 Å². The van der Waals surface area contributed by atoms with Gasteiger partial charge in [-0.2, -0.15) is 26.3 Å². The number of ether oxygens (including phenoxy) is 1. The number of Topliss-reactive ketones (excluding diaryl/α,β-unsaturated/α-hetero) is 1. The number of rotatable bonds is 6. The third-order valence-electron chi connectivity index (χ3n) is 10.7. The first-order valence-electron chi connectivity index (χ1n) is 14.6. The maximum atomic E-state index is 15.1. The molecule has 0 bridgehead atoms. The van der Waals surface area contributed by atoms with Gasteiger partial charge >= 0.3 is 24.0 Å². The molecule has 1 heterocycles. The number of carbonyl (C=O) groups is 2. The third-order valence-corrected chi connectivity index (χ3v) is 13.3. The molecular weight excluding hydrogens is 652 g/mol. The van der Waals surface area contributed by atoms with Gasteiger partial charge in [0.25, 0.3) is 0 Å². The van der Waals surface area contributed by atoms with E-state index in [1.54, 1.807) is 0 Å². The molecule has 2 atom stereocenters. The van der Waals surface area contributed by atoms with E-state index in [0.29, 0.717) is 25.3 Å². The van der Waals surface area contributed by atoms with Crippen LogP contribution in [0.25, 0.3) is 0 Å². The van der Waals surface area contributed by atoms with E-state index in [2.05, 4.69) is 0 Å². The summed E-state index contributed by atoms with van der Waals surface area (Å²) in [4.78, 5) is 25.5. The van der Waals surface area contributed by atoms with Gasteiger partial charge in [-0.05, 0) is 74.3 Å². The van der Waals surface area contributed by atoms with Gasteiger partial charge in [-0.25, -0.2) is 17.2 Å². The number of carboxylic acid groups (broad SMARTS) is 1. The fourth-order valence-corrected chi connectivity index (χ4v) is 11.0. The van der Waals surface area contributed by atoms with Crippen LogP contribution < -0.4 is 4.74 Å². The minimum absolute atomic E-state index is 0.0488. The molecule has 3 aliphatic carbocycles. The highest BCUT2D eigenvalue weighted by Crippen LogP contribution is 2.68. The monoisotopic (exact) mass is 680 g/mol. The Bertz CT molecular complexity index is 1670. The predicted molar refractivity (Wildman–Crippen MR) is 144 cm³/mol. The van der Waals surface area contributed by atoms with Crippen molar-refractivity contribution in [2.45, 2.75) is 79.0 Å². The Hall–Kier alpha value is -3.23. The van der Waals surface area contributed by atoms with Crippen molar-refractivity contribution in [3.63, 3.8) is 0 Å². The van der Waals surface area contributed by atoms with Gasteiger partial charge in [-0.3, -0.25) is 9.59 Å². The fourth-order valence-electron chi connectivity index (χ4n) is 8.50. The molecule has 15 heteroatoms. The van der Waals surface area contributed by atoms with E-state index in [4.69, 9.17) is 4.74 Å². The Morgan fingerprint density at radius 3 is 1.96 bits per heavy atom. The van der Waals surface area contributed by atoms with Gasteiger partial charge < -0.3 is 9.84 Å². The molecule has 1 N–H and O–H groups in total. The average molecular weight is 681 g/mol. The molecule has 2 aromatic rings. The number of carbonyl (C=O) groups excluding carboxylic acids is 1. The summed E-state index contributed by atoms with van der Waals surface area (Å²) in [7, 11) is -4.76. The number of carboxylic acids is 1. The van der Waals surface area contributed by atoms with Crippen molar-refractivity contribution in [3.8, 4) is 5.75 Å². The van der Waals surface area contributed by atoms with Crippen LogP contribution in [0.5, 0.6) is 5.75 Å². The molecule has 46 heavy (non-hydrogen) atoms. The second-order valence-electron chi connectivity index (χ2n) is 13.1. The Kier molecular flexibility index (Phi) is 7.20. The molecular formula is C31H28F8O6S. The van der Waals surface area contributed by atoms with Gasteiger partial charge in [0, 0.05) is 17.0 Å². The number of alkyl halides is 7. The number of halogens is 8. The number of fused-ring (bicyclic) bond motifs is 3. The Morgan fingerprint density at radius 1 is 0.826 bits per heavy atom. The second-order valence-corrected chi connectivity index (χ2v) is 15.3. The van der Waals surface area contributed by atoms with Crippen LogP contribution in [0.1, 0.15) is 62.5 Å². The summed E-state index contributed by atoms with van der Waals surface area (Å²) in [6, 6.07) is 4.74. The van der Waals surface area contributed by atoms with E-state index in [9.17, 15) is 53.8 Å². The largest absolute Gasteiger partial charge is 0.492 e. The van der Waals surface area contributed by atoms with Crippen molar-refractivity contribution >= 4 is 21.6 Å². The molecule has 3 fully saturated rings. The summed E-state index contributed by atoms with van der Waals surface area (Å²) in [5.41, 5.74) is -10.3. The van der Waals surface area contributed by atoms with E-state index in [-0.39, 0.29) is 49.8 Å². The lowest BCUT2D eigenvalue weighted by Crippen LogP contribution is -2.65. The topological polar surface area (TPSA) is 97.7 Å². The number of hydrogen-bond donors (Lipinski definition) is 1. The summed E-state index contributed by atoms with van der Waals surface area (Å²) in [6.45, 7) is -0.721. The molecule has 4 aliphatic rings. The first kappa shape index (κ1) is 32.7. The summed E-state index contributed by atoms with van der Waals surface area (Å²) >= 11 is 0. The van der Waals surface area contributed by atoms with Crippen LogP contribution in [0, 0.1) is 28.5 Å².